The van der Waals surface area contributed by atoms with Crippen molar-refractivity contribution in [1.82, 2.24) is 29.6 Å². The quantitative estimate of drug-likeness (QED) is 0.732. The summed E-state index contributed by atoms with van der Waals surface area (Å²) in [6.07, 6.45) is 2.95. The Balaban J connectivity index is 1.60. The van der Waals surface area contributed by atoms with E-state index in [1.54, 1.807) is 17.0 Å². The smallest absolute Gasteiger partial charge is 0.293 e. The first-order chi connectivity index (χ1) is 12.6. The van der Waals surface area contributed by atoms with Gasteiger partial charge in [0.15, 0.2) is 0 Å². The van der Waals surface area contributed by atoms with Crippen molar-refractivity contribution < 1.29 is 4.79 Å². The second-order valence-corrected chi connectivity index (χ2v) is 6.55. The molecule has 1 aromatic carbocycles. The molecule has 0 bridgehead atoms. The first-order valence-corrected chi connectivity index (χ1v) is 8.66. The number of piperazine rings is 1. The molecule has 1 unspecified atom stereocenters. The highest BCUT2D eigenvalue weighted by Crippen LogP contribution is 2.24. The molecule has 3 heterocycles. The lowest BCUT2D eigenvalue weighted by Gasteiger charge is -2.36. The Bertz CT molecular complexity index is 1010. The summed E-state index contributed by atoms with van der Waals surface area (Å²) in [4.78, 5) is 27.1. The summed E-state index contributed by atoms with van der Waals surface area (Å²) in [5.41, 5.74) is 1.01. The van der Waals surface area contributed by atoms with E-state index < -0.39 is 0 Å². The van der Waals surface area contributed by atoms with Crippen molar-refractivity contribution in [3.05, 3.63) is 63.8 Å². The van der Waals surface area contributed by atoms with E-state index in [9.17, 15) is 9.59 Å². The molecule has 26 heavy (non-hydrogen) atoms. The van der Waals surface area contributed by atoms with Gasteiger partial charge in [0, 0.05) is 24.7 Å². The zero-order chi connectivity index (χ0) is 18.1. The standard InChI is InChI=1S/C17H17ClN6O2/c18-13-3-1-2-12(8-13)15-9-19-6-7-22(15)16(25)10-23-17(26)14-4-5-20-24(14)11-21-23/h1-5,8,11,15,19H,6-7,9-10H2. The maximum Gasteiger partial charge on any atom is 0.293 e. The van der Waals surface area contributed by atoms with Crippen molar-refractivity contribution in [3.8, 4) is 0 Å². The normalized spacial score (nSPS) is 17.6. The van der Waals surface area contributed by atoms with Crippen LogP contribution in [0, 0.1) is 0 Å². The maximum absolute atomic E-state index is 12.9. The van der Waals surface area contributed by atoms with Crippen molar-refractivity contribution in [3.63, 3.8) is 0 Å². The van der Waals surface area contributed by atoms with Gasteiger partial charge in [-0.1, -0.05) is 23.7 Å². The number of amides is 1. The molecule has 1 fully saturated rings. The van der Waals surface area contributed by atoms with E-state index in [-0.39, 0.29) is 24.1 Å². The number of hydrogen-bond donors (Lipinski definition) is 1. The minimum atomic E-state index is -0.340. The summed E-state index contributed by atoms with van der Waals surface area (Å²) < 4.78 is 2.57. The van der Waals surface area contributed by atoms with Gasteiger partial charge in [0.1, 0.15) is 18.4 Å². The molecule has 1 amide bonds. The highest BCUT2D eigenvalue weighted by atomic mass is 35.5. The monoisotopic (exact) mass is 372 g/mol. The van der Waals surface area contributed by atoms with E-state index in [2.05, 4.69) is 15.5 Å². The van der Waals surface area contributed by atoms with Crippen LogP contribution in [-0.4, -0.2) is 49.8 Å². The Labute approximate surface area is 154 Å². The van der Waals surface area contributed by atoms with Crippen LogP contribution < -0.4 is 10.9 Å². The Morgan fingerprint density at radius 2 is 2.19 bits per heavy atom. The fraction of sp³-hybridized carbons (Fsp3) is 0.294. The van der Waals surface area contributed by atoms with Crippen LogP contribution in [0.15, 0.2) is 47.7 Å². The first-order valence-electron chi connectivity index (χ1n) is 8.28. The zero-order valence-corrected chi connectivity index (χ0v) is 14.6. The molecule has 1 N–H and O–H groups in total. The molecular weight excluding hydrogens is 356 g/mol. The average Bonchev–Trinajstić information content (AvgIpc) is 3.13. The lowest BCUT2D eigenvalue weighted by Crippen LogP contribution is -2.50. The Morgan fingerprint density at radius 3 is 3.04 bits per heavy atom. The predicted octanol–water partition coefficient (Wildman–Crippen LogP) is 0.718. The van der Waals surface area contributed by atoms with Gasteiger partial charge in [-0.15, -0.1) is 0 Å². The van der Waals surface area contributed by atoms with Gasteiger partial charge in [0.25, 0.3) is 5.56 Å². The van der Waals surface area contributed by atoms with E-state index in [1.807, 2.05) is 18.2 Å². The number of carbonyl (C=O) groups excluding carboxylic acids is 1. The molecule has 1 saturated heterocycles. The first kappa shape index (κ1) is 16.7. The second kappa shape index (κ2) is 6.89. The van der Waals surface area contributed by atoms with Gasteiger partial charge < -0.3 is 10.2 Å². The third-order valence-corrected chi connectivity index (χ3v) is 4.74. The summed E-state index contributed by atoms with van der Waals surface area (Å²) in [6.45, 7) is 1.78. The number of aromatic nitrogens is 4. The van der Waals surface area contributed by atoms with Gasteiger partial charge in [0.05, 0.1) is 12.2 Å². The fourth-order valence-corrected chi connectivity index (χ4v) is 3.42. The molecule has 2 aromatic heterocycles. The Kier molecular flexibility index (Phi) is 4.44. The van der Waals surface area contributed by atoms with Crippen LogP contribution in [0.4, 0.5) is 0 Å². The van der Waals surface area contributed by atoms with Crippen LogP contribution in [0.1, 0.15) is 11.6 Å². The lowest BCUT2D eigenvalue weighted by molar-refractivity contribution is -0.135. The third-order valence-electron chi connectivity index (χ3n) is 4.51. The minimum Gasteiger partial charge on any atom is -0.331 e. The molecule has 0 spiro atoms. The second-order valence-electron chi connectivity index (χ2n) is 6.12. The number of carbonyl (C=O) groups is 1. The van der Waals surface area contributed by atoms with Crippen LogP contribution in [0.3, 0.4) is 0 Å². The van der Waals surface area contributed by atoms with Gasteiger partial charge in [0.2, 0.25) is 5.91 Å². The Hall–Kier alpha value is -2.71. The van der Waals surface area contributed by atoms with Crippen molar-refractivity contribution in [2.24, 2.45) is 0 Å². The third kappa shape index (κ3) is 3.09. The SMILES string of the molecule is O=C(Cn1ncn2nccc2c1=O)N1CCNCC1c1cccc(Cl)c1. The molecule has 8 nitrogen and oxygen atoms in total. The number of benzene rings is 1. The van der Waals surface area contributed by atoms with Gasteiger partial charge in [-0.05, 0) is 23.8 Å². The van der Waals surface area contributed by atoms with E-state index in [0.29, 0.717) is 30.2 Å². The van der Waals surface area contributed by atoms with Gasteiger partial charge in [-0.25, -0.2) is 9.20 Å². The van der Waals surface area contributed by atoms with Crippen LogP contribution >= 0.6 is 11.6 Å². The summed E-state index contributed by atoms with van der Waals surface area (Å²) in [5, 5.41) is 12.0. The van der Waals surface area contributed by atoms with Crippen LogP contribution in [0.25, 0.3) is 5.52 Å². The van der Waals surface area contributed by atoms with Crippen molar-refractivity contribution in [1.29, 1.82) is 0 Å². The molecule has 1 aliphatic heterocycles. The van der Waals surface area contributed by atoms with Crippen molar-refractivity contribution >= 4 is 23.0 Å². The molecular formula is C17H17ClN6O2. The van der Waals surface area contributed by atoms with Crippen LogP contribution in [0.5, 0.6) is 0 Å². The molecule has 0 radical (unpaired) electrons. The molecule has 9 heteroatoms. The zero-order valence-electron chi connectivity index (χ0n) is 13.9. The summed E-state index contributed by atoms with van der Waals surface area (Å²) in [5.74, 6) is -0.157. The lowest BCUT2D eigenvalue weighted by atomic mass is 10.0. The summed E-state index contributed by atoms with van der Waals surface area (Å²) in [6, 6.07) is 8.95. The van der Waals surface area contributed by atoms with Crippen LogP contribution in [0.2, 0.25) is 5.02 Å². The molecule has 1 atom stereocenters. The van der Waals surface area contributed by atoms with E-state index in [4.69, 9.17) is 11.6 Å². The predicted molar refractivity (Wildman–Crippen MR) is 96.0 cm³/mol. The van der Waals surface area contributed by atoms with Gasteiger partial charge in [-0.2, -0.15) is 10.2 Å². The summed E-state index contributed by atoms with van der Waals surface area (Å²) in [7, 11) is 0. The maximum atomic E-state index is 12.9. The number of nitrogens with one attached hydrogen (secondary N) is 1. The largest absolute Gasteiger partial charge is 0.331 e. The van der Waals surface area contributed by atoms with E-state index in [0.717, 1.165) is 5.56 Å². The number of hydrogen-bond acceptors (Lipinski definition) is 5. The number of rotatable bonds is 3. The van der Waals surface area contributed by atoms with Crippen molar-refractivity contribution in [2.45, 2.75) is 12.6 Å². The van der Waals surface area contributed by atoms with E-state index >= 15 is 0 Å². The molecule has 1 aliphatic rings. The highest BCUT2D eigenvalue weighted by Gasteiger charge is 2.28. The topological polar surface area (TPSA) is 84.5 Å². The number of halogens is 1. The Morgan fingerprint density at radius 1 is 1.31 bits per heavy atom. The molecule has 0 aliphatic carbocycles. The van der Waals surface area contributed by atoms with Crippen molar-refractivity contribution in [2.75, 3.05) is 19.6 Å². The van der Waals surface area contributed by atoms with Gasteiger partial charge in [-0.3, -0.25) is 9.59 Å². The number of fused-ring (bicyclic) bond motifs is 1. The number of nitrogens with zero attached hydrogens (tertiary/aromatic N) is 5. The molecule has 0 saturated carbocycles. The van der Waals surface area contributed by atoms with Crippen LogP contribution in [-0.2, 0) is 11.3 Å². The molecule has 3 aromatic rings. The summed E-state index contributed by atoms with van der Waals surface area (Å²) >= 11 is 6.10. The molecule has 4 rings (SSSR count). The van der Waals surface area contributed by atoms with Gasteiger partial charge >= 0.3 is 0 Å². The fourth-order valence-electron chi connectivity index (χ4n) is 3.22. The van der Waals surface area contributed by atoms with E-state index in [1.165, 1.54) is 21.7 Å². The average molecular weight is 373 g/mol. The molecule has 134 valence electrons. The minimum absolute atomic E-state index is 0.114. The highest BCUT2D eigenvalue weighted by molar-refractivity contribution is 6.30.